The Hall–Kier alpha value is -2.00. The van der Waals surface area contributed by atoms with Crippen LogP contribution in [0.2, 0.25) is 0 Å². The number of aliphatic hydroxyl groups excluding tert-OH is 1. The zero-order valence-electron chi connectivity index (χ0n) is 17.7. The van der Waals surface area contributed by atoms with E-state index in [1.54, 1.807) is 0 Å². The lowest BCUT2D eigenvalue weighted by Crippen LogP contribution is -2.45. The van der Waals surface area contributed by atoms with E-state index >= 15 is 0 Å². The van der Waals surface area contributed by atoms with Crippen LogP contribution in [0.1, 0.15) is 45.6 Å². The minimum absolute atomic E-state index is 0.0209. The van der Waals surface area contributed by atoms with Gasteiger partial charge in [-0.1, -0.05) is 64.1 Å². The summed E-state index contributed by atoms with van der Waals surface area (Å²) >= 11 is 0. The van der Waals surface area contributed by atoms with E-state index in [9.17, 15) is 14.7 Å². The van der Waals surface area contributed by atoms with Crippen LogP contribution in [0.15, 0.2) is 36.4 Å². The maximum absolute atomic E-state index is 11.3. The molecule has 0 saturated carbocycles. The highest BCUT2D eigenvalue weighted by Crippen LogP contribution is 2.36. The summed E-state index contributed by atoms with van der Waals surface area (Å²) in [6.45, 7) is 8.82. The highest BCUT2D eigenvalue weighted by Gasteiger charge is 2.39. The first kappa shape index (κ1) is 24.3. The molecule has 1 aromatic rings. The maximum Gasteiger partial charge on any atom is 0.320 e. The smallest absolute Gasteiger partial charge is 0.320 e. The number of carbonyl (C=O) groups is 2. The molecule has 7 nitrogen and oxygen atoms in total. The van der Waals surface area contributed by atoms with Crippen LogP contribution in [-0.2, 0) is 18.8 Å². The number of aliphatic carboxylic acids is 2. The monoisotopic (exact) mass is 434 g/mol. The predicted octanol–water partition coefficient (Wildman–Crippen LogP) is 1.96. The third-order valence-electron chi connectivity index (χ3n) is 5.29. The van der Waals surface area contributed by atoms with Gasteiger partial charge in [-0.3, -0.25) is 9.59 Å². The van der Waals surface area contributed by atoms with Gasteiger partial charge in [0.15, 0.2) is 5.92 Å². The molecule has 0 bridgehead atoms. The van der Waals surface area contributed by atoms with Crippen molar-refractivity contribution in [1.82, 2.24) is 0 Å². The Morgan fingerprint density at radius 1 is 1.17 bits per heavy atom. The van der Waals surface area contributed by atoms with Crippen LogP contribution in [0.25, 0.3) is 0 Å². The highest BCUT2D eigenvalue weighted by atomic mass is 28.2. The van der Waals surface area contributed by atoms with Gasteiger partial charge in [-0.25, -0.2) is 0 Å². The molecular formula is C22H30O7Si. The Balaban J connectivity index is 2.06. The largest absolute Gasteiger partial charge is 0.481 e. The molecule has 1 heterocycles. The average Bonchev–Trinajstić information content (AvgIpc) is 2.64. The van der Waals surface area contributed by atoms with Gasteiger partial charge >= 0.3 is 11.9 Å². The summed E-state index contributed by atoms with van der Waals surface area (Å²) in [6, 6.07) is 8.10. The fraction of sp³-hybridized carbons (Fsp3) is 0.545. The molecule has 3 N–H and O–H groups in total. The first-order valence-corrected chi connectivity index (χ1v) is 10.9. The average molecular weight is 435 g/mol. The quantitative estimate of drug-likeness (QED) is 0.309. The Morgan fingerprint density at radius 3 is 2.37 bits per heavy atom. The Labute approximate surface area is 179 Å². The molecule has 0 aliphatic carbocycles. The van der Waals surface area contributed by atoms with Crippen molar-refractivity contribution in [2.45, 2.75) is 58.3 Å². The van der Waals surface area contributed by atoms with E-state index in [4.69, 9.17) is 19.4 Å². The molecule has 2 radical (unpaired) electrons. The molecule has 0 fully saturated rings. The van der Waals surface area contributed by atoms with Gasteiger partial charge in [-0.2, -0.15) is 0 Å². The second-order valence-corrected chi connectivity index (χ2v) is 9.53. The number of aliphatic hydroxyl groups is 1. The lowest BCUT2D eigenvalue weighted by atomic mass is 9.75. The van der Waals surface area contributed by atoms with Crippen LogP contribution >= 0.6 is 0 Å². The van der Waals surface area contributed by atoms with E-state index in [-0.39, 0.29) is 21.8 Å². The lowest BCUT2D eigenvalue weighted by Gasteiger charge is -2.32. The summed E-state index contributed by atoms with van der Waals surface area (Å²) in [4.78, 5) is 22.5. The third-order valence-corrected chi connectivity index (χ3v) is 6.28. The van der Waals surface area contributed by atoms with Crippen molar-refractivity contribution < 1.29 is 34.1 Å². The van der Waals surface area contributed by atoms with Gasteiger partial charge in [0, 0.05) is 0 Å². The van der Waals surface area contributed by atoms with Crippen LogP contribution < -0.4 is 5.19 Å². The lowest BCUT2D eigenvalue weighted by molar-refractivity contribution is -0.166. The van der Waals surface area contributed by atoms with Gasteiger partial charge in [0.1, 0.15) is 18.3 Å². The summed E-state index contributed by atoms with van der Waals surface area (Å²) in [5.41, 5.74) is 1.32. The van der Waals surface area contributed by atoms with Crippen LogP contribution in [0, 0.1) is 11.3 Å². The van der Waals surface area contributed by atoms with Gasteiger partial charge in [-0.05, 0) is 28.5 Å². The Kier molecular flexibility index (Phi) is 8.37. The minimum atomic E-state index is -1.74. The van der Waals surface area contributed by atoms with Crippen molar-refractivity contribution in [1.29, 1.82) is 0 Å². The molecule has 8 heteroatoms. The van der Waals surface area contributed by atoms with Crippen molar-refractivity contribution in [2.24, 2.45) is 11.3 Å². The highest BCUT2D eigenvalue weighted by molar-refractivity contribution is 6.47. The number of rotatable bonds is 9. The molecular weight excluding hydrogens is 404 g/mol. The maximum atomic E-state index is 11.3. The molecule has 4 atom stereocenters. The molecule has 164 valence electrons. The second kappa shape index (κ2) is 10.3. The van der Waals surface area contributed by atoms with Crippen molar-refractivity contribution in [3.63, 3.8) is 0 Å². The Bertz CT molecular complexity index is 757. The fourth-order valence-electron chi connectivity index (χ4n) is 3.78. The molecule has 1 aromatic carbocycles. The van der Waals surface area contributed by atoms with E-state index in [0.29, 0.717) is 5.92 Å². The van der Waals surface area contributed by atoms with E-state index in [1.807, 2.05) is 18.2 Å². The summed E-state index contributed by atoms with van der Waals surface area (Å²) < 4.78 is 11.4. The number of ether oxygens (including phenoxy) is 1. The van der Waals surface area contributed by atoms with Crippen LogP contribution in [0.3, 0.4) is 0 Å². The molecule has 2 rings (SSSR count). The number of carboxylic acid groups (broad SMARTS) is 2. The topological polar surface area (TPSA) is 113 Å². The van der Waals surface area contributed by atoms with Crippen LogP contribution in [0.5, 0.6) is 0 Å². The van der Waals surface area contributed by atoms with Crippen LogP contribution in [0.4, 0.5) is 0 Å². The van der Waals surface area contributed by atoms with Crippen molar-refractivity contribution in [3.8, 4) is 0 Å². The van der Waals surface area contributed by atoms with E-state index < -0.39 is 36.2 Å². The Morgan fingerprint density at radius 2 is 1.80 bits per heavy atom. The first-order valence-electron chi connectivity index (χ1n) is 10.0. The third kappa shape index (κ3) is 6.01. The predicted molar refractivity (Wildman–Crippen MR) is 113 cm³/mol. The molecule has 1 aliphatic rings. The second-order valence-electron chi connectivity index (χ2n) is 8.50. The van der Waals surface area contributed by atoms with Gasteiger partial charge in [0.25, 0.3) is 9.76 Å². The van der Waals surface area contributed by atoms with Crippen molar-refractivity contribution in [3.05, 3.63) is 42.0 Å². The summed E-state index contributed by atoms with van der Waals surface area (Å²) in [5, 5.41) is 29.5. The SMILES string of the molecule is CCC(c1ccccc1[Si]OC[C@H]1O[C@@H](C(C(=O)O)C(=O)O)C=C[C@H]1O)C(C)(C)C. The molecule has 1 unspecified atom stereocenters. The zero-order valence-corrected chi connectivity index (χ0v) is 18.7. The van der Waals surface area contributed by atoms with Crippen LogP contribution in [-0.4, -0.2) is 61.9 Å². The van der Waals surface area contributed by atoms with Gasteiger partial charge in [-0.15, -0.1) is 0 Å². The fourth-order valence-corrected chi connectivity index (χ4v) is 4.73. The number of hydrogen-bond acceptors (Lipinski definition) is 5. The number of hydrogen-bond donors (Lipinski definition) is 3. The van der Waals surface area contributed by atoms with Gasteiger partial charge in [0.05, 0.1) is 6.61 Å². The minimum Gasteiger partial charge on any atom is -0.481 e. The molecule has 0 aromatic heterocycles. The van der Waals surface area contributed by atoms with Gasteiger partial charge in [0.2, 0.25) is 0 Å². The van der Waals surface area contributed by atoms with Crippen molar-refractivity contribution >= 4 is 26.9 Å². The summed E-state index contributed by atoms with van der Waals surface area (Å²) in [7, 11) is 0.0217. The molecule has 30 heavy (non-hydrogen) atoms. The summed E-state index contributed by atoms with van der Waals surface area (Å²) in [6.07, 6.45) is 0.630. The van der Waals surface area contributed by atoms with E-state index in [2.05, 4.69) is 33.8 Å². The number of carboxylic acids is 2. The van der Waals surface area contributed by atoms with Crippen molar-refractivity contribution in [2.75, 3.05) is 6.61 Å². The molecule has 0 amide bonds. The molecule has 0 saturated heterocycles. The molecule has 0 spiro atoms. The molecule has 1 aliphatic heterocycles. The van der Waals surface area contributed by atoms with E-state index in [0.717, 1.165) is 11.6 Å². The normalized spacial score (nSPS) is 22.8. The zero-order chi connectivity index (χ0) is 22.5. The van der Waals surface area contributed by atoms with Gasteiger partial charge < -0.3 is 24.5 Å². The number of benzene rings is 1. The first-order chi connectivity index (χ1) is 14.1. The van der Waals surface area contributed by atoms with E-state index in [1.165, 1.54) is 17.7 Å². The summed E-state index contributed by atoms with van der Waals surface area (Å²) in [5.74, 6) is -4.36. The standard InChI is InChI=1S/C22H30O7Si/c1-5-14(22(2,3)4)13-8-6-7-9-18(13)30-28-12-17-15(23)10-11-16(29-17)19(20(24)25)21(26)27/h6-11,14-17,19,23H,5,12H2,1-4H3,(H,24,25)(H,26,27)/t14?,15-,16-,17-/m1/s1.